The van der Waals surface area contributed by atoms with Crippen LogP contribution in [0.15, 0.2) is 24.3 Å². The van der Waals surface area contributed by atoms with Crippen LogP contribution in [0.4, 0.5) is 0 Å². The minimum Gasteiger partial charge on any atom is -0.481 e. The molecular weight excluding hydrogens is 174 g/mol. The van der Waals surface area contributed by atoms with Gasteiger partial charge >= 0.3 is 0 Å². The van der Waals surface area contributed by atoms with E-state index in [0.29, 0.717) is 5.56 Å². The van der Waals surface area contributed by atoms with Crippen molar-refractivity contribution in [3.05, 3.63) is 35.4 Å². The lowest BCUT2D eigenvalue weighted by molar-refractivity contribution is 0.226. The van der Waals surface area contributed by atoms with Crippen LogP contribution in [0.3, 0.4) is 0 Å². The van der Waals surface area contributed by atoms with E-state index in [1.807, 2.05) is 12.1 Å². The van der Waals surface area contributed by atoms with E-state index in [0.717, 1.165) is 24.2 Å². The maximum Gasteiger partial charge on any atom is 0.145 e. The van der Waals surface area contributed by atoms with Crippen LogP contribution in [-0.2, 0) is 0 Å². The second-order valence-electron chi connectivity index (χ2n) is 3.84. The Morgan fingerprint density at radius 1 is 1.36 bits per heavy atom. The Kier molecular flexibility index (Phi) is 1.30. The third kappa shape index (κ3) is 0.958. The van der Waals surface area contributed by atoms with Crippen molar-refractivity contribution in [3.8, 4) is 11.8 Å². The summed E-state index contributed by atoms with van der Waals surface area (Å²) in [5.41, 5.74) is 1.58. The van der Waals surface area contributed by atoms with E-state index in [-0.39, 0.29) is 5.60 Å². The third-order valence-electron chi connectivity index (χ3n) is 2.78. The molecule has 0 saturated heterocycles. The van der Waals surface area contributed by atoms with Crippen molar-refractivity contribution in [1.82, 2.24) is 0 Å². The highest BCUT2D eigenvalue weighted by molar-refractivity contribution is 5.66. The monoisotopic (exact) mass is 183 g/mol. The highest BCUT2D eigenvalue weighted by Gasteiger charge is 2.45. The van der Waals surface area contributed by atoms with Gasteiger partial charge in [0.15, 0.2) is 0 Å². The molecular formula is C12H9NO. The smallest absolute Gasteiger partial charge is 0.145 e. The molecule has 0 radical (unpaired) electrons. The van der Waals surface area contributed by atoms with E-state index in [4.69, 9.17) is 10.00 Å². The SMILES string of the molecule is N#Cc1cccc2c1OC1(C=C2)CC1. The van der Waals surface area contributed by atoms with Crippen molar-refractivity contribution >= 4 is 6.08 Å². The molecule has 0 aromatic heterocycles. The molecule has 1 aliphatic carbocycles. The summed E-state index contributed by atoms with van der Waals surface area (Å²) in [5, 5.41) is 8.93. The van der Waals surface area contributed by atoms with Gasteiger partial charge in [-0.25, -0.2) is 0 Å². The summed E-state index contributed by atoms with van der Waals surface area (Å²) >= 11 is 0. The number of hydrogen-bond acceptors (Lipinski definition) is 2. The maximum absolute atomic E-state index is 8.93. The fourth-order valence-electron chi connectivity index (χ4n) is 1.76. The van der Waals surface area contributed by atoms with Crippen LogP contribution in [0.5, 0.6) is 5.75 Å². The zero-order chi connectivity index (χ0) is 9.60. The fourth-order valence-corrected chi connectivity index (χ4v) is 1.76. The zero-order valence-electron chi connectivity index (χ0n) is 7.66. The Labute approximate surface area is 82.4 Å². The van der Waals surface area contributed by atoms with Crippen LogP contribution in [0.25, 0.3) is 6.08 Å². The van der Waals surface area contributed by atoms with Gasteiger partial charge in [0, 0.05) is 5.56 Å². The number of para-hydroxylation sites is 1. The van der Waals surface area contributed by atoms with Crippen molar-refractivity contribution in [2.75, 3.05) is 0 Å². The van der Waals surface area contributed by atoms with E-state index in [1.54, 1.807) is 6.07 Å². The Balaban J connectivity index is 2.16. The Bertz CT molecular complexity index is 464. The fraction of sp³-hybridized carbons (Fsp3) is 0.250. The second-order valence-corrected chi connectivity index (χ2v) is 3.84. The molecule has 1 aliphatic heterocycles. The molecule has 1 aromatic rings. The van der Waals surface area contributed by atoms with E-state index >= 15 is 0 Å². The first-order valence-corrected chi connectivity index (χ1v) is 4.74. The van der Waals surface area contributed by atoms with Crippen molar-refractivity contribution in [3.63, 3.8) is 0 Å². The van der Waals surface area contributed by atoms with Crippen LogP contribution < -0.4 is 4.74 Å². The Morgan fingerprint density at radius 3 is 2.93 bits per heavy atom. The molecule has 0 N–H and O–H groups in total. The third-order valence-corrected chi connectivity index (χ3v) is 2.78. The first-order valence-electron chi connectivity index (χ1n) is 4.74. The molecule has 2 heteroatoms. The van der Waals surface area contributed by atoms with Crippen LogP contribution in [-0.4, -0.2) is 5.60 Å². The molecule has 0 amide bonds. The van der Waals surface area contributed by atoms with Gasteiger partial charge in [0.05, 0.1) is 5.56 Å². The first-order chi connectivity index (χ1) is 6.83. The Morgan fingerprint density at radius 2 is 2.21 bits per heavy atom. The number of benzene rings is 1. The average molecular weight is 183 g/mol. The van der Waals surface area contributed by atoms with E-state index < -0.39 is 0 Å². The molecule has 1 spiro atoms. The second kappa shape index (κ2) is 2.39. The van der Waals surface area contributed by atoms with Gasteiger partial charge in [-0.05, 0) is 25.0 Å². The van der Waals surface area contributed by atoms with E-state index in [1.165, 1.54) is 0 Å². The normalized spacial score (nSPS) is 19.6. The summed E-state index contributed by atoms with van der Waals surface area (Å²) in [4.78, 5) is 0. The molecule has 1 fully saturated rings. The van der Waals surface area contributed by atoms with Gasteiger partial charge in [-0.15, -0.1) is 0 Å². The van der Waals surface area contributed by atoms with Crippen LogP contribution in [0.2, 0.25) is 0 Å². The van der Waals surface area contributed by atoms with Crippen molar-refractivity contribution in [1.29, 1.82) is 5.26 Å². The molecule has 0 bridgehead atoms. The van der Waals surface area contributed by atoms with Gasteiger partial charge in [-0.1, -0.05) is 18.2 Å². The van der Waals surface area contributed by atoms with Gasteiger partial charge in [0.25, 0.3) is 0 Å². The summed E-state index contributed by atoms with van der Waals surface area (Å²) in [5.74, 6) is 0.759. The van der Waals surface area contributed by atoms with Gasteiger partial charge in [0.1, 0.15) is 17.4 Å². The molecule has 1 aromatic carbocycles. The zero-order valence-corrected chi connectivity index (χ0v) is 7.66. The summed E-state index contributed by atoms with van der Waals surface area (Å²) < 4.78 is 5.84. The Hall–Kier alpha value is -1.75. The number of nitrogens with zero attached hydrogens (tertiary/aromatic N) is 1. The number of hydrogen-bond donors (Lipinski definition) is 0. The summed E-state index contributed by atoms with van der Waals surface area (Å²) in [7, 11) is 0. The molecule has 2 aliphatic rings. The standard InChI is InChI=1S/C12H9NO/c13-8-10-3-1-2-9-4-5-12(6-7-12)14-11(9)10/h1-5H,6-7H2. The van der Waals surface area contributed by atoms with Crippen molar-refractivity contribution in [2.45, 2.75) is 18.4 Å². The number of fused-ring (bicyclic) bond motifs is 1. The first kappa shape index (κ1) is 7.64. The van der Waals surface area contributed by atoms with Gasteiger partial charge < -0.3 is 4.74 Å². The summed E-state index contributed by atoms with van der Waals surface area (Å²) in [6, 6.07) is 7.82. The molecule has 2 nitrogen and oxygen atoms in total. The molecule has 0 unspecified atom stereocenters. The number of ether oxygens (including phenoxy) is 1. The molecule has 1 saturated carbocycles. The van der Waals surface area contributed by atoms with Gasteiger partial charge in [-0.3, -0.25) is 0 Å². The van der Waals surface area contributed by atoms with Crippen LogP contribution in [0.1, 0.15) is 24.0 Å². The lowest BCUT2D eigenvalue weighted by Crippen LogP contribution is -2.18. The minimum atomic E-state index is -0.0695. The largest absolute Gasteiger partial charge is 0.481 e. The lowest BCUT2D eigenvalue weighted by Gasteiger charge is -2.21. The molecule has 0 atom stereocenters. The number of nitriles is 1. The lowest BCUT2D eigenvalue weighted by atomic mass is 10.1. The topological polar surface area (TPSA) is 33.0 Å². The molecule has 68 valence electrons. The predicted molar refractivity (Wildman–Crippen MR) is 52.8 cm³/mol. The molecule has 14 heavy (non-hydrogen) atoms. The van der Waals surface area contributed by atoms with Crippen LogP contribution in [0, 0.1) is 11.3 Å². The van der Waals surface area contributed by atoms with E-state index in [2.05, 4.69) is 18.2 Å². The van der Waals surface area contributed by atoms with Crippen LogP contribution >= 0.6 is 0 Å². The summed E-state index contributed by atoms with van der Waals surface area (Å²) in [6.07, 6.45) is 6.31. The number of rotatable bonds is 0. The predicted octanol–water partition coefficient (Wildman–Crippen LogP) is 2.50. The molecule has 1 heterocycles. The highest BCUT2D eigenvalue weighted by Crippen LogP contribution is 2.46. The van der Waals surface area contributed by atoms with Crippen molar-refractivity contribution < 1.29 is 4.74 Å². The maximum atomic E-state index is 8.93. The van der Waals surface area contributed by atoms with Gasteiger partial charge in [-0.2, -0.15) is 5.26 Å². The quantitative estimate of drug-likeness (QED) is 0.619. The average Bonchev–Trinajstić information content (AvgIpc) is 2.97. The van der Waals surface area contributed by atoms with Crippen molar-refractivity contribution in [2.24, 2.45) is 0 Å². The summed E-state index contributed by atoms with van der Waals surface area (Å²) in [6.45, 7) is 0. The highest BCUT2D eigenvalue weighted by atomic mass is 16.5. The molecule has 3 rings (SSSR count). The minimum absolute atomic E-state index is 0.0695. The van der Waals surface area contributed by atoms with Gasteiger partial charge in [0.2, 0.25) is 0 Å². The van der Waals surface area contributed by atoms with E-state index in [9.17, 15) is 0 Å².